The number of nitrogens with one attached hydrogen (secondary N) is 1. The summed E-state index contributed by atoms with van der Waals surface area (Å²) in [5, 5.41) is 21.6. The molecule has 3 aliphatic rings. The van der Waals surface area contributed by atoms with Crippen LogP contribution in [0.25, 0.3) is 0 Å². The quantitative estimate of drug-likeness (QED) is 0.799. The van der Waals surface area contributed by atoms with Crippen LogP contribution in [0.3, 0.4) is 0 Å². The zero-order valence-electron chi connectivity index (χ0n) is 16.3. The summed E-state index contributed by atoms with van der Waals surface area (Å²) < 4.78 is 1.65. The summed E-state index contributed by atoms with van der Waals surface area (Å²) in [6.45, 7) is 6.14. The predicted octanol–water partition coefficient (Wildman–Crippen LogP) is 0.983. The predicted molar refractivity (Wildman–Crippen MR) is 97.8 cm³/mol. The second-order valence-corrected chi connectivity index (χ2v) is 9.35. The van der Waals surface area contributed by atoms with Crippen LogP contribution in [-0.4, -0.2) is 61.5 Å². The van der Waals surface area contributed by atoms with Gasteiger partial charge in [0.15, 0.2) is 0 Å². The smallest absolute Gasteiger partial charge is 0.248 e. The fourth-order valence-corrected chi connectivity index (χ4v) is 3.85. The number of hydrogen-bond donors (Lipinski definition) is 2. The van der Waals surface area contributed by atoms with Crippen molar-refractivity contribution in [3.8, 4) is 0 Å². The average molecular weight is 375 g/mol. The van der Waals surface area contributed by atoms with E-state index >= 15 is 0 Å². The van der Waals surface area contributed by atoms with E-state index in [4.69, 9.17) is 0 Å². The van der Waals surface area contributed by atoms with Crippen LogP contribution in [0, 0.1) is 5.41 Å². The second-order valence-electron chi connectivity index (χ2n) is 9.35. The number of hydrogen-bond acceptors (Lipinski definition) is 5. The highest BCUT2D eigenvalue weighted by Crippen LogP contribution is 2.40. The average Bonchev–Trinajstić information content (AvgIpc) is 3.50. The topological polar surface area (TPSA) is 100 Å². The van der Waals surface area contributed by atoms with Gasteiger partial charge in [-0.25, -0.2) is 4.68 Å². The van der Waals surface area contributed by atoms with Crippen LogP contribution < -0.4 is 5.32 Å². The third kappa shape index (κ3) is 3.85. The highest BCUT2D eigenvalue weighted by molar-refractivity contribution is 5.90. The van der Waals surface area contributed by atoms with Gasteiger partial charge in [0.1, 0.15) is 12.1 Å². The summed E-state index contributed by atoms with van der Waals surface area (Å²) in [5.41, 5.74) is 0.526. The molecule has 3 fully saturated rings. The van der Waals surface area contributed by atoms with E-state index < -0.39 is 23.6 Å². The van der Waals surface area contributed by atoms with Gasteiger partial charge in [0.05, 0.1) is 11.8 Å². The minimum Gasteiger partial charge on any atom is -0.391 e. The van der Waals surface area contributed by atoms with Gasteiger partial charge in [0, 0.05) is 31.1 Å². The lowest BCUT2D eigenvalue weighted by Gasteiger charge is -2.34. The molecule has 2 aliphatic carbocycles. The Morgan fingerprint density at radius 2 is 1.96 bits per heavy atom. The largest absolute Gasteiger partial charge is 0.391 e. The fourth-order valence-electron chi connectivity index (χ4n) is 3.85. The van der Waals surface area contributed by atoms with Crippen LogP contribution in [0.15, 0.2) is 6.20 Å². The van der Waals surface area contributed by atoms with Crippen LogP contribution in [0.1, 0.15) is 70.5 Å². The van der Waals surface area contributed by atoms with Gasteiger partial charge in [-0.15, -0.1) is 5.10 Å². The molecular formula is C19H29N5O3. The Hall–Kier alpha value is -1.96. The Bertz CT molecular complexity index is 732. The summed E-state index contributed by atoms with van der Waals surface area (Å²) in [6.07, 6.45) is 5.69. The number of likely N-dealkylation sites (tertiary alicyclic amines) is 1. The van der Waals surface area contributed by atoms with Crippen molar-refractivity contribution in [3.05, 3.63) is 11.9 Å². The van der Waals surface area contributed by atoms with Gasteiger partial charge in [0.25, 0.3) is 0 Å². The normalized spacial score (nSPS) is 26.9. The van der Waals surface area contributed by atoms with Crippen LogP contribution in [-0.2, 0) is 9.59 Å². The molecule has 0 bridgehead atoms. The van der Waals surface area contributed by atoms with Gasteiger partial charge >= 0.3 is 0 Å². The Morgan fingerprint density at radius 3 is 2.56 bits per heavy atom. The van der Waals surface area contributed by atoms with Crippen molar-refractivity contribution in [2.75, 3.05) is 6.54 Å². The van der Waals surface area contributed by atoms with Crippen molar-refractivity contribution in [2.24, 2.45) is 5.41 Å². The van der Waals surface area contributed by atoms with Crippen molar-refractivity contribution in [1.82, 2.24) is 25.2 Å². The number of aromatic nitrogens is 3. The highest BCUT2D eigenvalue weighted by Gasteiger charge is 2.46. The number of nitrogens with zero attached hydrogens (tertiary/aromatic N) is 4. The van der Waals surface area contributed by atoms with Crippen molar-refractivity contribution in [3.63, 3.8) is 0 Å². The van der Waals surface area contributed by atoms with Crippen LogP contribution in [0.2, 0.25) is 0 Å². The molecule has 3 unspecified atom stereocenters. The maximum absolute atomic E-state index is 13.5. The van der Waals surface area contributed by atoms with Crippen LogP contribution >= 0.6 is 0 Å². The van der Waals surface area contributed by atoms with E-state index in [1.54, 1.807) is 4.68 Å². The molecule has 0 aromatic carbocycles. The summed E-state index contributed by atoms with van der Waals surface area (Å²) in [7, 11) is 0. The van der Waals surface area contributed by atoms with Crippen molar-refractivity contribution < 1.29 is 14.7 Å². The van der Waals surface area contributed by atoms with Gasteiger partial charge in [0.2, 0.25) is 11.8 Å². The molecule has 1 saturated heterocycles. The SMILES string of the molecule is CC(C)(C)C(C(=O)N1CC(O)CC1C(=O)NC1CC1)n1cc(C2CC2)nn1. The Balaban J connectivity index is 1.58. The molecule has 148 valence electrons. The molecule has 8 nitrogen and oxygen atoms in total. The molecule has 3 atom stereocenters. The maximum atomic E-state index is 13.5. The molecule has 8 heteroatoms. The molecule has 2 amide bonds. The van der Waals surface area contributed by atoms with Gasteiger partial charge in [-0.2, -0.15) is 0 Å². The first-order chi connectivity index (χ1) is 12.7. The number of amides is 2. The molecule has 0 spiro atoms. The van der Waals surface area contributed by atoms with Crippen LogP contribution in [0.5, 0.6) is 0 Å². The van der Waals surface area contributed by atoms with Gasteiger partial charge in [-0.1, -0.05) is 26.0 Å². The summed E-state index contributed by atoms with van der Waals surface area (Å²) in [5.74, 6) is 0.120. The molecule has 1 aliphatic heterocycles. The van der Waals surface area contributed by atoms with Crippen molar-refractivity contribution in [1.29, 1.82) is 0 Å². The molecule has 2 N–H and O–H groups in total. The number of aliphatic hydroxyl groups excluding tert-OH is 1. The van der Waals surface area contributed by atoms with E-state index in [1.165, 1.54) is 4.90 Å². The van der Waals surface area contributed by atoms with E-state index in [1.807, 2.05) is 27.0 Å². The van der Waals surface area contributed by atoms with Gasteiger partial charge < -0.3 is 15.3 Å². The zero-order valence-corrected chi connectivity index (χ0v) is 16.3. The van der Waals surface area contributed by atoms with Crippen LogP contribution in [0.4, 0.5) is 0 Å². The van der Waals surface area contributed by atoms with E-state index in [2.05, 4.69) is 15.6 Å². The zero-order chi connectivity index (χ0) is 19.3. The molecule has 0 radical (unpaired) electrons. The monoisotopic (exact) mass is 375 g/mol. The maximum Gasteiger partial charge on any atom is 0.248 e. The minimum absolute atomic E-state index is 0.160. The summed E-state index contributed by atoms with van der Waals surface area (Å²) in [4.78, 5) is 27.6. The van der Waals surface area contributed by atoms with Crippen molar-refractivity contribution >= 4 is 11.8 Å². The first-order valence-corrected chi connectivity index (χ1v) is 9.94. The van der Waals surface area contributed by atoms with Gasteiger partial charge in [-0.05, 0) is 31.1 Å². The Morgan fingerprint density at radius 1 is 1.26 bits per heavy atom. The first kappa shape index (κ1) is 18.4. The summed E-state index contributed by atoms with van der Waals surface area (Å²) in [6, 6.07) is -0.967. The standard InChI is InChI=1S/C19H29N5O3/c1-19(2,3)16(24-10-14(21-22-24)11-4-5-11)18(27)23-9-13(25)8-15(23)17(26)20-12-6-7-12/h10-13,15-16,25H,4-9H2,1-3H3,(H,20,26). The lowest BCUT2D eigenvalue weighted by Crippen LogP contribution is -2.50. The third-order valence-electron chi connectivity index (χ3n) is 5.63. The number of aliphatic hydroxyl groups is 1. The minimum atomic E-state index is -0.678. The number of β-amino-alcohol motifs (C(OH)–C–C–N with tert-alkyl or cyclic N) is 1. The molecule has 4 rings (SSSR count). The number of carbonyl (C=O) groups is 2. The lowest BCUT2D eigenvalue weighted by molar-refractivity contribution is -0.144. The van der Waals surface area contributed by atoms with E-state index in [0.29, 0.717) is 5.92 Å². The second kappa shape index (κ2) is 6.58. The third-order valence-corrected chi connectivity index (χ3v) is 5.63. The van der Waals surface area contributed by atoms with E-state index in [-0.39, 0.29) is 30.8 Å². The van der Waals surface area contributed by atoms with Crippen molar-refractivity contribution in [2.45, 2.75) is 83.0 Å². The lowest BCUT2D eigenvalue weighted by atomic mass is 9.85. The summed E-state index contributed by atoms with van der Waals surface area (Å²) >= 11 is 0. The first-order valence-electron chi connectivity index (χ1n) is 9.94. The van der Waals surface area contributed by atoms with Gasteiger partial charge in [-0.3, -0.25) is 9.59 Å². The fraction of sp³-hybridized carbons (Fsp3) is 0.789. The molecule has 2 saturated carbocycles. The van der Waals surface area contributed by atoms with E-state index in [0.717, 1.165) is 31.4 Å². The Kier molecular flexibility index (Phi) is 4.49. The molecule has 1 aromatic heterocycles. The Labute approximate surface area is 159 Å². The van der Waals surface area contributed by atoms with E-state index in [9.17, 15) is 14.7 Å². The molecular weight excluding hydrogens is 346 g/mol. The number of carbonyl (C=O) groups excluding carboxylic acids is 2. The highest BCUT2D eigenvalue weighted by atomic mass is 16.3. The molecule has 2 heterocycles. The molecule has 1 aromatic rings. The molecule has 27 heavy (non-hydrogen) atoms. The number of rotatable bonds is 5.